The highest BCUT2D eigenvalue weighted by molar-refractivity contribution is 5.94. The highest BCUT2D eigenvalue weighted by Crippen LogP contribution is 2.34. The molecule has 0 aromatic rings. The van der Waals surface area contributed by atoms with Crippen molar-refractivity contribution in [3.63, 3.8) is 0 Å². The predicted octanol–water partition coefficient (Wildman–Crippen LogP) is 2.23. The summed E-state index contributed by atoms with van der Waals surface area (Å²) in [5, 5.41) is 3.02. The highest BCUT2D eigenvalue weighted by atomic mass is 16.2. The molecule has 0 aromatic heterocycles. The smallest absolute Gasteiger partial charge is 0.248 e. The van der Waals surface area contributed by atoms with Crippen molar-refractivity contribution in [2.24, 2.45) is 0 Å². The maximum absolute atomic E-state index is 12.9. The van der Waals surface area contributed by atoms with E-state index in [1.807, 2.05) is 4.90 Å². The van der Waals surface area contributed by atoms with E-state index in [0.29, 0.717) is 19.0 Å². The molecule has 1 saturated heterocycles. The van der Waals surface area contributed by atoms with Gasteiger partial charge in [-0.1, -0.05) is 33.1 Å². The van der Waals surface area contributed by atoms with Gasteiger partial charge in [0, 0.05) is 19.0 Å². The minimum Gasteiger partial charge on any atom is -0.342 e. The van der Waals surface area contributed by atoms with Crippen molar-refractivity contribution in [2.45, 2.75) is 76.8 Å². The molecule has 2 fully saturated rings. The molecule has 0 bridgehead atoms. The molecule has 1 saturated carbocycles. The lowest BCUT2D eigenvalue weighted by Crippen LogP contribution is -2.57. The number of amides is 2. The first-order chi connectivity index (χ1) is 9.13. The third kappa shape index (κ3) is 2.77. The zero-order chi connectivity index (χ0) is 13.9. The summed E-state index contributed by atoms with van der Waals surface area (Å²) in [6.07, 6.45) is 7.27. The molecule has 0 aromatic carbocycles. The van der Waals surface area contributed by atoms with E-state index in [1.165, 1.54) is 0 Å². The molecule has 4 heteroatoms. The van der Waals surface area contributed by atoms with Gasteiger partial charge in [0.05, 0.1) is 0 Å². The van der Waals surface area contributed by atoms with Crippen LogP contribution in [0.25, 0.3) is 0 Å². The van der Waals surface area contributed by atoms with Gasteiger partial charge in [-0.3, -0.25) is 9.59 Å². The second kappa shape index (κ2) is 5.93. The zero-order valence-electron chi connectivity index (χ0n) is 12.2. The molecule has 1 heterocycles. The fourth-order valence-corrected chi connectivity index (χ4v) is 3.56. The van der Waals surface area contributed by atoms with Gasteiger partial charge in [-0.05, 0) is 25.7 Å². The topological polar surface area (TPSA) is 49.4 Å². The molecule has 1 aliphatic carbocycles. The third-order valence-electron chi connectivity index (χ3n) is 4.62. The van der Waals surface area contributed by atoms with E-state index in [2.05, 4.69) is 19.2 Å². The summed E-state index contributed by atoms with van der Waals surface area (Å²) in [5.41, 5.74) is -0.575. The molecule has 0 radical (unpaired) electrons. The van der Waals surface area contributed by atoms with Crippen LogP contribution in [-0.4, -0.2) is 34.8 Å². The van der Waals surface area contributed by atoms with Crippen LogP contribution in [0.5, 0.6) is 0 Å². The van der Waals surface area contributed by atoms with Gasteiger partial charge in [-0.15, -0.1) is 0 Å². The number of hydrogen-bond donors (Lipinski definition) is 1. The fraction of sp³-hybridized carbons (Fsp3) is 0.867. The van der Waals surface area contributed by atoms with Crippen LogP contribution in [0, 0.1) is 0 Å². The quantitative estimate of drug-likeness (QED) is 0.848. The number of carbonyl (C=O) groups is 2. The lowest BCUT2D eigenvalue weighted by molar-refractivity contribution is -0.140. The van der Waals surface area contributed by atoms with Crippen LogP contribution in [-0.2, 0) is 9.59 Å². The average Bonchev–Trinajstić information content (AvgIpc) is 2.82. The lowest BCUT2D eigenvalue weighted by atomic mass is 9.94. The summed E-state index contributed by atoms with van der Waals surface area (Å²) in [7, 11) is 0. The molecule has 2 amide bonds. The maximum atomic E-state index is 12.9. The van der Waals surface area contributed by atoms with E-state index >= 15 is 0 Å². The van der Waals surface area contributed by atoms with E-state index in [9.17, 15) is 9.59 Å². The van der Waals surface area contributed by atoms with E-state index in [1.54, 1.807) is 0 Å². The molecule has 2 rings (SSSR count). The first-order valence-electron chi connectivity index (χ1n) is 7.75. The van der Waals surface area contributed by atoms with Crippen molar-refractivity contribution in [1.29, 1.82) is 0 Å². The van der Waals surface area contributed by atoms with Gasteiger partial charge < -0.3 is 10.2 Å². The van der Waals surface area contributed by atoms with Crippen LogP contribution >= 0.6 is 0 Å². The summed E-state index contributed by atoms with van der Waals surface area (Å²) in [5.74, 6) is 0.222. The van der Waals surface area contributed by atoms with Gasteiger partial charge in [-0.2, -0.15) is 0 Å². The van der Waals surface area contributed by atoms with Crippen molar-refractivity contribution in [2.75, 3.05) is 6.54 Å². The Hall–Kier alpha value is -1.06. The van der Waals surface area contributed by atoms with Crippen molar-refractivity contribution in [3.8, 4) is 0 Å². The second-order valence-electron chi connectivity index (χ2n) is 5.94. The Morgan fingerprint density at radius 1 is 1.26 bits per heavy atom. The van der Waals surface area contributed by atoms with Gasteiger partial charge >= 0.3 is 0 Å². The average molecular weight is 266 g/mol. The van der Waals surface area contributed by atoms with Crippen molar-refractivity contribution >= 4 is 11.8 Å². The molecule has 1 aliphatic heterocycles. The summed E-state index contributed by atoms with van der Waals surface area (Å²) in [4.78, 5) is 26.8. The van der Waals surface area contributed by atoms with Crippen LogP contribution in [0.2, 0.25) is 0 Å². The number of rotatable bonds is 4. The minimum absolute atomic E-state index is 0.0455. The number of nitrogens with zero attached hydrogens (tertiary/aromatic N) is 1. The van der Waals surface area contributed by atoms with Crippen LogP contribution < -0.4 is 5.32 Å². The number of carbonyl (C=O) groups excluding carboxylic acids is 2. The Bertz CT molecular complexity index is 348. The Balaban J connectivity index is 2.23. The van der Waals surface area contributed by atoms with Crippen LogP contribution in [0.3, 0.4) is 0 Å². The SMILES string of the molecule is CCCC(CC)N1CCC(=O)NC2(CCCC2)C1=O. The minimum atomic E-state index is -0.575. The molecule has 1 spiro atoms. The van der Waals surface area contributed by atoms with Crippen molar-refractivity contribution in [1.82, 2.24) is 10.2 Å². The number of nitrogens with one attached hydrogen (secondary N) is 1. The summed E-state index contributed by atoms with van der Waals surface area (Å²) < 4.78 is 0. The third-order valence-corrected chi connectivity index (χ3v) is 4.62. The highest BCUT2D eigenvalue weighted by Gasteiger charge is 2.47. The molecular weight excluding hydrogens is 240 g/mol. The Labute approximate surface area is 115 Å². The summed E-state index contributed by atoms with van der Waals surface area (Å²) in [6, 6.07) is 0.294. The van der Waals surface area contributed by atoms with E-state index < -0.39 is 5.54 Å². The molecular formula is C15H26N2O2. The summed E-state index contributed by atoms with van der Waals surface area (Å²) >= 11 is 0. The van der Waals surface area contributed by atoms with Gasteiger partial charge in [-0.25, -0.2) is 0 Å². The Kier molecular flexibility index (Phi) is 4.48. The van der Waals surface area contributed by atoms with Crippen molar-refractivity contribution in [3.05, 3.63) is 0 Å². The van der Waals surface area contributed by atoms with Crippen LogP contribution in [0.15, 0.2) is 0 Å². The zero-order valence-corrected chi connectivity index (χ0v) is 12.2. The maximum Gasteiger partial charge on any atom is 0.248 e. The molecule has 19 heavy (non-hydrogen) atoms. The van der Waals surface area contributed by atoms with E-state index in [0.717, 1.165) is 44.9 Å². The van der Waals surface area contributed by atoms with Crippen molar-refractivity contribution < 1.29 is 9.59 Å². The molecule has 4 nitrogen and oxygen atoms in total. The fourth-order valence-electron chi connectivity index (χ4n) is 3.56. The monoisotopic (exact) mass is 266 g/mol. The van der Waals surface area contributed by atoms with Gasteiger partial charge in [0.25, 0.3) is 0 Å². The molecule has 1 N–H and O–H groups in total. The van der Waals surface area contributed by atoms with E-state index in [-0.39, 0.29) is 11.8 Å². The predicted molar refractivity (Wildman–Crippen MR) is 74.7 cm³/mol. The molecule has 1 atom stereocenters. The van der Waals surface area contributed by atoms with Crippen LogP contribution in [0.1, 0.15) is 65.2 Å². The standard InChI is InChI=1S/C15H26N2O2/c1-3-7-12(4-2)17-11-8-13(18)16-15(14(17)19)9-5-6-10-15/h12H,3-11H2,1-2H3,(H,16,18). The number of hydrogen-bond acceptors (Lipinski definition) is 2. The molecule has 108 valence electrons. The molecule has 2 aliphatic rings. The first kappa shape index (κ1) is 14.4. The molecule has 1 unspecified atom stereocenters. The second-order valence-corrected chi connectivity index (χ2v) is 5.94. The van der Waals surface area contributed by atoms with E-state index in [4.69, 9.17) is 0 Å². The lowest BCUT2D eigenvalue weighted by Gasteiger charge is -2.36. The Morgan fingerprint density at radius 3 is 2.53 bits per heavy atom. The Morgan fingerprint density at radius 2 is 1.95 bits per heavy atom. The summed E-state index contributed by atoms with van der Waals surface area (Å²) in [6.45, 7) is 4.87. The first-order valence-corrected chi connectivity index (χ1v) is 7.75. The van der Waals surface area contributed by atoms with Gasteiger partial charge in [0.15, 0.2) is 0 Å². The normalized spacial score (nSPS) is 24.4. The van der Waals surface area contributed by atoms with Gasteiger partial charge in [0.2, 0.25) is 11.8 Å². The van der Waals surface area contributed by atoms with Crippen LogP contribution in [0.4, 0.5) is 0 Å². The largest absolute Gasteiger partial charge is 0.342 e. The van der Waals surface area contributed by atoms with Gasteiger partial charge in [0.1, 0.15) is 5.54 Å².